The van der Waals surface area contributed by atoms with Crippen molar-refractivity contribution in [3.8, 4) is 0 Å². The van der Waals surface area contributed by atoms with Crippen molar-refractivity contribution in [3.63, 3.8) is 0 Å². The highest BCUT2D eigenvalue weighted by molar-refractivity contribution is 5.93. The van der Waals surface area contributed by atoms with Crippen LogP contribution in [0.15, 0.2) is 29.3 Å². The zero-order chi connectivity index (χ0) is 13.0. The van der Waals surface area contributed by atoms with Crippen LogP contribution in [0.3, 0.4) is 0 Å². The molecule has 5 heteroatoms. The van der Waals surface area contributed by atoms with Gasteiger partial charge in [0.1, 0.15) is 0 Å². The topological polar surface area (TPSA) is 79.5 Å². The monoisotopic (exact) mass is 246 g/mol. The van der Waals surface area contributed by atoms with Gasteiger partial charge >= 0.3 is 0 Å². The number of carbonyl (C=O) groups excluding carboxylic acids is 1. The normalized spacial score (nSPS) is 15.3. The van der Waals surface area contributed by atoms with Crippen molar-refractivity contribution in [2.75, 3.05) is 7.05 Å². The number of hydrogen-bond donors (Lipinski definition) is 3. The molecule has 0 heterocycles. The summed E-state index contributed by atoms with van der Waals surface area (Å²) < 4.78 is 0. The van der Waals surface area contributed by atoms with Gasteiger partial charge in [0.2, 0.25) is 0 Å². The second-order valence-corrected chi connectivity index (χ2v) is 4.40. The second kappa shape index (κ2) is 5.53. The zero-order valence-corrected chi connectivity index (χ0v) is 10.4. The molecule has 18 heavy (non-hydrogen) atoms. The number of nitrogens with zero attached hydrogens (tertiary/aromatic N) is 1. The quantitative estimate of drug-likeness (QED) is 0.538. The number of benzene rings is 1. The van der Waals surface area contributed by atoms with E-state index in [0.29, 0.717) is 24.1 Å². The molecule has 1 amide bonds. The van der Waals surface area contributed by atoms with E-state index in [0.717, 1.165) is 5.56 Å². The molecule has 1 aliphatic carbocycles. The number of nitrogens with one attached hydrogen (secondary N) is 2. The van der Waals surface area contributed by atoms with Crippen LogP contribution in [0.5, 0.6) is 0 Å². The molecular weight excluding hydrogens is 228 g/mol. The average Bonchev–Trinajstić information content (AvgIpc) is 3.20. The Balaban J connectivity index is 1.91. The van der Waals surface area contributed by atoms with Gasteiger partial charge in [-0.15, -0.1) is 0 Å². The van der Waals surface area contributed by atoms with E-state index >= 15 is 0 Å². The fraction of sp³-hybridized carbons (Fsp3) is 0.385. The number of aliphatic imine (C=N–C) groups is 1. The molecule has 0 saturated heterocycles. The molecule has 4 N–H and O–H groups in total. The molecule has 0 atom stereocenters. The Kier molecular flexibility index (Phi) is 3.82. The van der Waals surface area contributed by atoms with Gasteiger partial charge in [0.15, 0.2) is 5.96 Å². The minimum absolute atomic E-state index is 0.0834. The van der Waals surface area contributed by atoms with E-state index < -0.39 is 0 Å². The standard InChI is InChI=1S/C13H18N4O/c1-15-12(18)10-4-2-9(3-5-10)8-16-13(14)17-11-6-7-11/h2-5,11H,6-8H2,1H3,(H,15,18)(H3,14,16,17). The number of hydrogen-bond acceptors (Lipinski definition) is 2. The number of nitrogens with two attached hydrogens (primary N) is 1. The number of carbonyl (C=O) groups is 1. The van der Waals surface area contributed by atoms with Crippen LogP contribution >= 0.6 is 0 Å². The van der Waals surface area contributed by atoms with E-state index in [1.54, 1.807) is 19.2 Å². The zero-order valence-electron chi connectivity index (χ0n) is 10.4. The minimum atomic E-state index is -0.0834. The van der Waals surface area contributed by atoms with E-state index in [4.69, 9.17) is 5.73 Å². The Bertz CT molecular complexity index is 449. The van der Waals surface area contributed by atoms with Crippen LogP contribution < -0.4 is 16.4 Å². The highest BCUT2D eigenvalue weighted by Crippen LogP contribution is 2.18. The van der Waals surface area contributed by atoms with Crippen LogP contribution in [0, 0.1) is 0 Å². The van der Waals surface area contributed by atoms with Gasteiger partial charge in [-0.1, -0.05) is 12.1 Å². The fourth-order valence-electron chi connectivity index (χ4n) is 1.56. The highest BCUT2D eigenvalue weighted by atomic mass is 16.1. The maximum atomic E-state index is 11.4. The lowest BCUT2D eigenvalue weighted by molar-refractivity contribution is 0.0963. The average molecular weight is 246 g/mol. The first-order valence-corrected chi connectivity index (χ1v) is 6.06. The molecule has 0 radical (unpaired) electrons. The molecule has 1 aliphatic rings. The lowest BCUT2D eigenvalue weighted by atomic mass is 10.1. The maximum Gasteiger partial charge on any atom is 0.251 e. The SMILES string of the molecule is CNC(=O)c1ccc(CN=C(N)NC2CC2)cc1. The fourth-order valence-corrected chi connectivity index (χ4v) is 1.56. The van der Waals surface area contributed by atoms with Crippen molar-refractivity contribution in [1.82, 2.24) is 10.6 Å². The van der Waals surface area contributed by atoms with Gasteiger partial charge < -0.3 is 16.4 Å². The molecule has 0 unspecified atom stereocenters. The molecule has 0 aromatic heterocycles. The molecule has 1 aromatic rings. The molecule has 1 saturated carbocycles. The van der Waals surface area contributed by atoms with Gasteiger partial charge in [-0.05, 0) is 30.5 Å². The summed E-state index contributed by atoms with van der Waals surface area (Å²) in [5.74, 6) is 0.410. The predicted octanol–water partition coefficient (Wildman–Crippen LogP) is 0.613. The summed E-state index contributed by atoms with van der Waals surface area (Å²) in [6.45, 7) is 0.527. The molecule has 2 rings (SSSR count). The third-order valence-electron chi connectivity index (χ3n) is 2.80. The van der Waals surface area contributed by atoms with E-state index in [1.165, 1.54) is 12.8 Å². The maximum absolute atomic E-state index is 11.4. The molecule has 1 aromatic carbocycles. The molecule has 5 nitrogen and oxygen atoms in total. The third-order valence-corrected chi connectivity index (χ3v) is 2.80. The Morgan fingerprint density at radius 3 is 2.61 bits per heavy atom. The van der Waals surface area contributed by atoms with Crippen molar-refractivity contribution in [2.24, 2.45) is 10.7 Å². The highest BCUT2D eigenvalue weighted by Gasteiger charge is 2.21. The van der Waals surface area contributed by atoms with Crippen LogP contribution in [-0.4, -0.2) is 25.0 Å². The Morgan fingerprint density at radius 1 is 1.39 bits per heavy atom. The van der Waals surface area contributed by atoms with Crippen molar-refractivity contribution in [2.45, 2.75) is 25.4 Å². The minimum Gasteiger partial charge on any atom is -0.370 e. The van der Waals surface area contributed by atoms with Crippen LogP contribution in [-0.2, 0) is 6.54 Å². The molecule has 96 valence electrons. The Labute approximate surface area is 106 Å². The first-order valence-electron chi connectivity index (χ1n) is 6.06. The number of amides is 1. The van der Waals surface area contributed by atoms with E-state index in [-0.39, 0.29) is 5.91 Å². The van der Waals surface area contributed by atoms with Gasteiger partial charge in [-0.25, -0.2) is 4.99 Å². The summed E-state index contributed by atoms with van der Waals surface area (Å²) in [5, 5.41) is 5.71. The smallest absolute Gasteiger partial charge is 0.251 e. The van der Waals surface area contributed by atoms with Gasteiger partial charge in [0.05, 0.1) is 6.54 Å². The first kappa shape index (κ1) is 12.4. The van der Waals surface area contributed by atoms with E-state index in [9.17, 15) is 4.79 Å². The predicted molar refractivity (Wildman–Crippen MR) is 71.3 cm³/mol. The lowest BCUT2D eigenvalue weighted by Gasteiger charge is -2.04. The summed E-state index contributed by atoms with van der Waals surface area (Å²) in [6, 6.07) is 7.86. The van der Waals surface area contributed by atoms with Crippen LogP contribution in [0.25, 0.3) is 0 Å². The van der Waals surface area contributed by atoms with Gasteiger partial charge in [-0.2, -0.15) is 0 Å². The largest absolute Gasteiger partial charge is 0.370 e. The molecule has 0 aliphatic heterocycles. The lowest BCUT2D eigenvalue weighted by Crippen LogP contribution is -2.33. The molecule has 1 fully saturated rings. The van der Waals surface area contributed by atoms with E-state index in [2.05, 4.69) is 15.6 Å². The van der Waals surface area contributed by atoms with Crippen LogP contribution in [0.2, 0.25) is 0 Å². The Morgan fingerprint density at radius 2 is 2.06 bits per heavy atom. The Hall–Kier alpha value is -2.04. The molecule has 0 spiro atoms. The number of guanidine groups is 1. The molecular formula is C13H18N4O. The van der Waals surface area contributed by atoms with Crippen LogP contribution in [0.4, 0.5) is 0 Å². The van der Waals surface area contributed by atoms with Crippen molar-refractivity contribution >= 4 is 11.9 Å². The molecule has 0 bridgehead atoms. The third kappa shape index (κ3) is 3.48. The summed E-state index contributed by atoms with van der Waals surface area (Å²) in [4.78, 5) is 15.6. The van der Waals surface area contributed by atoms with E-state index in [1.807, 2.05) is 12.1 Å². The van der Waals surface area contributed by atoms with Crippen molar-refractivity contribution in [3.05, 3.63) is 35.4 Å². The van der Waals surface area contributed by atoms with Crippen molar-refractivity contribution < 1.29 is 4.79 Å². The number of rotatable bonds is 4. The van der Waals surface area contributed by atoms with Gasteiger partial charge in [-0.3, -0.25) is 4.79 Å². The second-order valence-electron chi connectivity index (χ2n) is 4.40. The summed E-state index contributed by atoms with van der Waals surface area (Å²) >= 11 is 0. The first-order chi connectivity index (χ1) is 8.69. The van der Waals surface area contributed by atoms with Crippen LogP contribution in [0.1, 0.15) is 28.8 Å². The summed E-state index contributed by atoms with van der Waals surface area (Å²) in [7, 11) is 1.62. The van der Waals surface area contributed by atoms with Gasteiger partial charge in [0.25, 0.3) is 5.91 Å². The van der Waals surface area contributed by atoms with Gasteiger partial charge in [0, 0.05) is 18.7 Å². The summed E-state index contributed by atoms with van der Waals surface area (Å²) in [6.07, 6.45) is 2.36. The van der Waals surface area contributed by atoms with Crippen molar-refractivity contribution in [1.29, 1.82) is 0 Å². The summed E-state index contributed by atoms with van der Waals surface area (Å²) in [5.41, 5.74) is 7.42.